The van der Waals surface area contributed by atoms with E-state index < -0.39 is 0 Å². The molecular formula is C17H18N2OS2. The Morgan fingerprint density at radius 3 is 2.73 bits per heavy atom. The Morgan fingerprint density at radius 2 is 2.05 bits per heavy atom. The van der Waals surface area contributed by atoms with E-state index in [2.05, 4.69) is 34.0 Å². The van der Waals surface area contributed by atoms with Crippen LogP contribution in [0.3, 0.4) is 0 Å². The summed E-state index contributed by atoms with van der Waals surface area (Å²) in [6.45, 7) is 8.35. The van der Waals surface area contributed by atoms with Crippen molar-refractivity contribution in [1.82, 2.24) is 9.88 Å². The van der Waals surface area contributed by atoms with Crippen LogP contribution in [0.1, 0.15) is 16.3 Å². The second kappa shape index (κ2) is 7.05. The van der Waals surface area contributed by atoms with Gasteiger partial charge in [-0.3, -0.25) is 4.90 Å². The molecule has 0 aliphatic carbocycles. The van der Waals surface area contributed by atoms with Gasteiger partial charge in [0.05, 0.1) is 10.6 Å². The number of rotatable bonds is 7. The molecule has 3 aromatic heterocycles. The van der Waals surface area contributed by atoms with Gasteiger partial charge in [0.2, 0.25) is 5.89 Å². The summed E-state index contributed by atoms with van der Waals surface area (Å²) in [5.41, 5.74) is 1.00. The summed E-state index contributed by atoms with van der Waals surface area (Å²) >= 11 is 3.42. The summed E-state index contributed by atoms with van der Waals surface area (Å²) in [4.78, 5) is 9.42. The highest BCUT2D eigenvalue weighted by molar-refractivity contribution is 7.13. The molecule has 0 spiro atoms. The highest BCUT2D eigenvalue weighted by atomic mass is 32.1. The first kappa shape index (κ1) is 15.2. The van der Waals surface area contributed by atoms with Gasteiger partial charge in [0.15, 0.2) is 0 Å². The van der Waals surface area contributed by atoms with E-state index in [1.54, 1.807) is 22.7 Å². The molecule has 3 heterocycles. The van der Waals surface area contributed by atoms with E-state index >= 15 is 0 Å². The molecule has 0 fully saturated rings. The number of hydrogen-bond acceptors (Lipinski definition) is 5. The Hall–Kier alpha value is -1.69. The van der Waals surface area contributed by atoms with Crippen LogP contribution in [-0.2, 0) is 13.1 Å². The van der Waals surface area contributed by atoms with Crippen LogP contribution in [0, 0.1) is 6.92 Å². The van der Waals surface area contributed by atoms with E-state index in [1.807, 2.05) is 30.5 Å². The molecule has 0 N–H and O–H groups in total. The van der Waals surface area contributed by atoms with Gasteiger partial charge >= 0.3 is 0 Å². The van der Waals surface area contributed by atoms with Crippen molar-refractivity contribution in [3.05, 3.63) is 64.0 Å². The molecule has 0 aliphatic rings. The predicted octanol–water partition coefficient (Wildman–Crippen LogP) is 4.96. The number of aryl methyl sites for hydroxylation is 1. The van der Waals surface area contributed by atoms with Crippen LogP contribution in [0.15, 0.2) is 52.1 Å². The van der Waals surface area contributed by atoms with Gasteiger partial charge in [0, 0.05) is 24.5 Å². The highest BCUT2D eigenvalue weighted by Gasteiger charge is 2.15. The van der Waals surface area contributed by atoms with Gasteiger partial charge in [0.25, 0.3) is 0 Å². The van der Waals surface area contributed by atoms with Gasteiger partial charge in [-0.2, -0.15) is 0 Å². The van der Waals surface area contributed by atoms with E-state index in [0.29, 0.717) is 0 Å². The third kappa shape index (κ3) is 3.55. The molecule has 0 aromatic carbocycles. The zero-order valence-electron chi connectivity index (χ0n) is 12.5. The lowest BCUT2D eigenvalue weighted by molar-refractivity contribution is 0.284. The third-order valence-electron chi connectivity index (χ3n) is 3.34. The smallest absolute Gasteiger partial charge is 0.236 e. The number of aromatic nitrogens is 1. The lowest BCUT2D eigenvalue weighted by atomic mass is 10.3. The zero-order chi connectivity index (χ0) is 15.4. The van der Waals surface area contributed by atoms with Gasteiger partial charge in [-0.15, -0.1) is 29.3 Å². The van der Waals surface area contributed by atoms with Crippen LogP contribution < -0.4 is 0 Å². The Labute approximate surface area is 138 Å². The fourth-order valence-electron chi connectivity index (χ4n) is 2.28. The van der Waals surface area contributed by atoms with Gasteiger partial charge < -0.3 is 4.42 Å². The van der Waals surface area contributed by atoms with Crippen molar-refractivity contribution in [2.24, 2.45) is 0 Å². The quantitative estimate of drug-likeness (QED) is 0.573. The van der Waals surface area contributed by atoms with Gasteiger partial charge in [-0.1, -0.05) is 18.2 Å². The Kier molecular flexibility index (Phi) is 4.87. The molecule has 5 heteroatoms. The molecule has 0 saturated carbocycles. The lowest BCUT2D eigenvalue weighted by Gasteiger charge is -2.18. The number of thiophene rings is 2. The summed E-state index contributed by atoms with van der Waals surface area (Å²) in [7, 11) is 0. The average molecular weight is 330 g/mol. The highest BCUT2D eigenvalue weighted by Crippen LogP contribution is 2.26. The van der Waals surface area contributed by atoms with Gasteiger partial charge in [-0.25, -0.2) is 4.98 Å². The molecule has 0 aliphatic heterocycles. The summed E-state index contributed by atoms with van der Waals surface area (Å²) in [5.74, 6) is 1.61. The molecule has 0 atom stereocenters. The van der Waals surface area contributed by atoms with E-state index in [0.717, 1.165) is 41.9 Å². The van der Waals surface area contributed by atoms with Crippen molar-refractivity contribution in [3.63, 3.8) is 0 Å². The standard InChI is InChI=1S/C17H18N2OS2/c1-3-8-19(11-14-6-4-9-21-14)12-15-13(2)20-17(18-15)16-7-5-10-22-16/h3-7,9-10H,1,8,11-12H2,2H3. The largest absolute Gasteiger partial charge is 0.440 e. The maximum atomic E-state index is 5.82. The molecule has 22 heavy (non-hydrogen) atoms. The lowest BCUT2D eigenvalue weighted by Crippen LogP contribution is -2.22. The molecule has 3 nitrogen and oxygen atoms in total. The van der Waals surface area contributed by atoms with Crippen molar-refractivity contribution in [2.45, 2.75) is 20.0 Å². The van der Waals surface area contributed by atoms with Crippen molar-refractivity contribution in [2.75, 3.05) is 6.54 Å². The van der Waals surface area contributed by atoms with E-state index in [9.17, 15) is 0 Å². The minimum Gasteiger partial charge on any atom is -0.440 e. The van der Waals surface area contributed by atoms with Crippen LogP contribution >= 0.6 is 22.7 Å². The summed E-state index contributed by atoms with van der Waals surface area (Å²) < 4.78 is 5.82. The number of nitrogens with zero attached hydrogens (tertiary/aromatic N) is 2. The van der Waals surface area contributed by atoms with Crippen LogP contribution in [0.2, 0.25) is 0 Å². The molecular weight excluding hydrogens is 312 g/mol. The van der Waals surface area contributed by atoms with Gasteiger partial charge in [0.1, 0.15) is 5.76 Å². The minimum atomic E-state index is 0.720. The Balaban J connectivity index is 1.76. The first-order valence-electron chi connectivity index (χ1n) is 7.12. The molecule has 3 rings (SSSR count). The van der Waals surface area contributed by atoms with E-state index in [-0.39, 0.29) is 0 Å². The third-order valence-corrected chi connectivity index (χ3v) is 5.06. The number of oxazole rings is 1. The van der Waals surface area contributed by atoms with Gasteiger partial charge in [-0.05, 0) is 29.8 Å². The van der Waals surface area contributed by atoms with Crippen LogP contribution in [0.4, 0.5) is 0 Å². The summed E-state index contributed by atoms with van der Waals surface area (Å²) in [6.07, 6.45) is 1.93. The molecule has 0 saturated heterocycles. The second-order valence-corrected chi connectivity index (χ2v) is 7.02. The predicted molar refractivity (Wildman–Crippen MR) is 93.2 cm³/mol. The molecule has 0 bridgehead atoms. The molecule has 3 aromatic rings. The number of hydrogen-bond donors (Lipinski definition) is 0. The Bertz CT molecular complexity index is 714. The SMILES string of the molecule is C=CCN(Cc1cccs1)Cc1nc(-c2cccs2)oc1C. The first-order valence-corrected chi connectivity index (χ1v) is 8.88. The zero-order valence-corrected chi connectivity index (χ0v) is 14.1. The van der Waals surface area contributed by atoms with Crippen molar-refractivity contribution in [1.29, 1.82) is 0 Å². The summed E-state index contributed by atoms with van der Waals surface area (Å²) in [6, 6.07) is 8.29. The monoisotopic (exact) mass is 330 g/mol. The molecule has 0 unspecified atom stereocenters. The fraction of sp³-hybridized carbons (Fsp3) is 0.235. The van der Waals surface area contributed by atoms with E-state index in [4.69, 9.17) is 4.42 Å². The fourth-order valence-corrected chi connectivity index (χ4v) is 3.68. The maximum absolute atomic E-state index is 5.82. The minimum absolute atomic E-state index is 0.720. The first-order chi connectivity index (χ1) is 10.8. The van der Waals surface area contributed by atoms with Crippen LogP contribution in [-0.4, -0.2) is 16.4 Å². The average Bonchev–Trinajstić information content (AvgIpc) is 3.22. The van der Waals surface area contributed by atoms with Crippen molar-refractivity contribution in [3.8, 4) is 10.8 Å². The van der Waals surface area contributed by atoms with E-state index in [1.165, 1.54) is 4.88 Å². The normalized spacial score (nSPS) is 11.2. The topological polar surface area (TPSA) is 29.3 Å². The van der Waals surface area contributed by atoms with Crippen LogP contribution in [0.5, 0.6) is 0 Å². The summed E-state index contributed by atoms with van der Waals surface area (Å²) in [5, 5.41) is 4.15. The molecule has 0 amide bonds. The van der Waals surface area contributed by atoms with Crippen LogP contribution in [0.25, 0.3) is 10.8 Å². The Morgan fingerprint density at radius 1 is 1.23 bits per heavy atom. The molecule has 114 valence electrons. The van der Waals surface area contributed by atoms with Crippen molar-refractivity contribution < 1.29 is 4.42 Å². The van der Waals surface area contributed by atoms with Crippen molar-refractivity contribution >= 4 is 22.7 Å². The maximum Gasteiger partial charge on any atom is 0.236 e. The molecule has 0 radical (unpaired) electrons. The second-order valence-electron chi connectivity index (χ2n) is 5.04.